The zero-order chi connectivity index (χ0) is 25.1. The number of thiocarbonyl (C=S) groups is 1. The first kappa shape index (κ1) is 23.6. The molecule has 2 atom stereocenters. The van der Waals surface area contributed by atoms with Gasteiger partial charge in [-0.05, 0) is 79.8 Å². The normalized spacial score (nSPS) is 17.1. The second-order valence-corrected chi connectivity index (χ2v) is 8.62. The van der Waals surface area contributed by atoms with Crippen LogP contribution in [-0.2, 0) is 4.74 Å². The molecule has 1 fully saturated rings. The van der Waals surface area contributed by atoms with Crippen LogP contribution >= 0.6 is 12.2 Å². The number of anilines is 1. The largest absolute Gasteiger partial charge is 0.494 e. The van der Waals surface area contributed by atoms with Crippen molar-refractivity contribution >= 4 is 29.0 Å². The van der Waals surface area contributed by atoms with Crippen LogP contribution in [0.2, 0.25) is 0 Å². The monoisotopic (exact) mass is 498 g/mol. The van der Waals surface area contributed by atoms with Gasteiger partial charge in [-0.2, -0.15) is 0 Å². The molecule has 7 nitrogen and oxygen atoms in total. The van der Waals surface area contributed by atoms with Crippen LogP contribution in [0, 0.1) is 0 Å². The van der Waals surface area contributed by atoms with E-state index in [1.165, 1.54) is 7.11 Å². The second kappa shape index (κ2) is 10.2. The van der Waals surface area contributed by atoms with Gasteiger partial charge in [-0.25, -0.2) is 4.79 Å². The molecule has 0 unspecified atom stereocenters. The molecule has 2 aromatic carbocycles. The van der Waals surface area contributed by atoms with E-state index in [4.69, 9.17) is 21.7 Å². The van der Waals surface area contributed by atoms with E-state index >= 15 is 0 Å². The Morgan fingerprint density at radius 3 is 2.53 bits per heavy atom. The molecule has 5 rings (SSSR count). The number of hydrogen-bond acceptors (Lipinski definition) is 5. The topological polar surface area (TPSA) is 68.6 Å². The quantitative estimate of drug-likeness (QED) is 0.276. The average Bonchev–Trinajstić information content (AvgIpc) is 3.53. The van der Waals surface area contributed by atoms with Crippen molar-refractivity contribution < 1.29 is 14.3 Å². The molecule has 182 valence electrons. The summed E-state index contributed by atoms with van der Waals surface area (Å²) in [4.78, 5) is 19.3. The number of aromatic nitrogens is 2. The molecule has 0 radical (unpaired) electrons. The highest BCUT2D eigenvalue weighted by Gasteiger charge is 2.42. The zero-order valence-corrected chi connectivity index (χ0v) is 20.8. The van der Waals surface area contributed by atoms with Crippen molar-refractivity contribution in [3.05, 3.63) is 108 Å². The third-order valence-corrected chi connectivity index (χ3v) is 6.49. The first-order valence-electron chi connectivity index (χ1n) is 11.7. The molecule has 4 aromatic rings. The fourth-order valence-electron chi connectivity index (χ4n) is 4.62. The van der Waals surface area contributed by atoms with Gasteiger partial charge >= 0.3 is 5.97 Å². The highest BCUT2D eigenvalue weighted by atomic mass is 32.1. The average molecular weight is 499 g/mol. The highest BCUT2D eigenvalue weighted by Crippen LogP contribution is 2.42. The fraction of sp³-hybridized carbons (Fsp3) is 0.179. The third-order valence-electron chi connectivity index (χ3n) is 6.18. The Morgan fingerprint density at radius 2 is 1.81 bits per heavy atom. The number of rotatable bonds is 7. The highest BCUT2D eigenvalue weighted by molar-refractivity contribution is 7.80. The van der Waals surface area contributed by atoms with Crippen LogP contribution in [0.1, 0.15) is 40.8 Å². The van der Waals surface area contributed by atoms with E-state index in [0.29, 0.717) is 17.3 Å². The molecule has 36 heavy (non-hydrogen) atoms. The summed E-state index contributed by atoms with van der Waals surface area (Å²) in [5, 5.41) is 4.07. The van der Waals surface area contributed by atoms with Crippen LogP contribution < -0.4 is 15.0 Å². The molecule has 2 aromatic heterocycles. The first-order valence-corrected chi connectivity index (χ1v) is 12.1. The molecule has 3 heterocycles. The summed E-state index contributed by atoms with van der Waals surface area (Å²) in [6.07, 6.45) is 3.73. The molecule has 0 saturated carbocycles. The Labute approximate surface area is 215 Å². The summed E-state index contributed by atoms with van der Waals surface area (Å²) in [6.45, 7) is 2.56. The van der Waals surface area contributed by atoms with E-state index in [1.54, 1.807) is 12.3 Å². The molecule has 1 aliphatic rings. The van der Waals surface area contributed by atoms with Crippen molar-refractivity contribution in [3.8, 4) is 11.4 Å². The van der Waals surface area contributed by atoms with Crippen LogP contribution in [0.25, 0.3) is 5.69 Å². The predicted octanol–water partition coefficient (Wildman–Crippen LogP) is 5.23. The minimum absolute atomic E-state index is 0.218. The molecular weight excluding hydrogens is 472 g/mol. The van der Waals surface area contributed by atoms with Gasteiger partial charge in [-0.15, -0.1) is 0 Å². The minimum atomic E-state index is -0.394. The lowest BCUT2D eigenvalue weighted by Gasteiger charge is -2.29. The Kier molecular flexibility index (Phi) is 6.69. The number of nitrogens with zero attached hydrogens (tertiary/aromatic N) is 3. The lowest BCUT2D eigenvalue weighted by Crippen LogP contribution is -2.30. The molecule has 1 saturated heterocycles. The number of carbonyl (C=O) groups is 1. The van der Waals surface area contributed by atoms with Gasteiger partial charge in [-0.1, -0.05) is 18.2 Å². The number of ether oxygens (including phenoxy) is 2. The van der Waals surface area contributed by atoms with Crippen LogP contribution in [0.4, 0.5) is 5.69 Å². The number of esters is 1. The van der Waals surface area contributed by atoms with Gasteiger partial charge in [-0.3, -0.25) is 4.98 Å². The number of nitrogens with one attached hydrogen (secondary N) is 1. The Morgan fingerprint density at radius 1 is 1.03 bits per heavy atom. The Balaban J connectivity index is 1.65. The summed E-state index contributed by atoms with van der Waals surface area (Å²) in [5.74, 6) is 0.405. The van der Waals surface area contributed by atoms with Gasteiger partial charge in [0.05, 0.1) is 36.7 Å². The van der Waals surface area contributed by atoms with E-state index in [9.17, 15) is 4.79 Å². The van der Waals surface area contributed by atoms with Gasteiger partial charge < -0.3 is 24.3 Å². The Bertz CT molecular complexity index is 1370. The predicted molar refractivity (Wildman–Crippen MR) is 143 cm³/mol. The minimum Gasteiger partial charge on any atom is -0.494 e. The molecule has 0 spiro atoms. The zero-order valence-electron chi connectivity index (χ0n) is 20.0. The van der Waals surface area contributed by atoms with Gasteiger partial charge in [0.2, 0.25) is 0 Å². The first-order chi connectivity index (χ1) is 17.6. The van der Waals surface area contributed by atoms with Crippen molar-refractivity contribution in [1.82, 2.24) is 14.9 Å². The maximum atomic E-state index is 12.6. The van der Waals surface area contributed by atoms with Crippen LogP contribution in [-0.4, -0.2) is 34.3 Å². The molecule has 8 heteroatoms. The van der Waals surface area contributed by atoms with Crippen molar-refractivity contribution in [2.24, 2.45) is 0 Å². The smallest absolute Gasteiger partial charge is 0.339 e. The van der Waals surface area contributed by atoms with E-state index in [2.05, 4.69) is 15.2 Å². The van der Waals surface area contributed by atoms with Crippen molar-refractivity contribution in [1.29, 1.82) is 0 Å². The van der Waals surface area contributed by atoms with Gasteiger partial charge in [0.25, 0.3) is 0 Å². The van der Waals surface area contributed by atoms with E-state index in [-0.39, 0.29) is 12.1 Å². The molecular formula is C28H26N4O3S. The van der Waals surface area contributed by atoms with Crippen molar-refractivity contribution in [2.45, 2.75) is 19.0 Å². The number of para-hydroxylation sites is 1. The van der Waals surface area contributed by atoms with E-state index < -0.39 is 5.97 Å². The maximum Gasteiger partial charge on any atom is 0.339 e. The van der Waals surface area contributed by atoms with Crippen molar-refractivity contribution in [2.75, 3.05) is 18.6 Å². The molecule has 0 bridgehead atoms. The number of hydrogen-bond donors (Lipinski definition) is 1. The standard InChI is InChI=1S/C28H26N4O3S/c1-3-35-20-15-13-19(14-16-20)32-26(25(30-28(32)36)22-10-6-7-17-29-22)24-12-8-18-31(24)23-11-5-4-9-21(23)27(33)34-2/h4-18,25-26H,3H2,1-2H3,(H,30,36)/t25-,26+/m0/s1. The van der Waals surface area contributed by atoms with Gasteiger partial charge in [0.1, 0.15) is 11.8 Å². The summed E-state index contributed by atoms with van der Waals surface area (Å²) in [7, 11) is 1.39. The lowest BCUT2D eigenvalue weighted by atomic mass is 10.0. The molecule has 1 aliphatic heterocycles. The molecule has 1 N–H and O–H groups in total. The summed E-state index contributed by atoms with van der Waals surface area (Å²) in [5.41, 5.74) is 3.95. The summed E-state index contributed by atoms with van der Waals surface area (Å²) < 4.78 is 12.7. The maximum absolute atomic E-state index is 12.6. The lowest BCUT2D eigenvalue weighted by molar-refractivity contribution is 0.0600. The van der Waals surface area contributed by atoms with Crippen LogP contribution in [0.3, 0.4) is 0 Å². The SMILES string of the molecule is CCOc1ccc(N2C(=S)N[C@@H](c3ccccn3)[C@H]2c2cccn2-c2ccccc2C(=O)OC)cc1. The Hall–Kier alpha value is -4.17. The van der Waals surface area contributed by atoms with Crippen LogP contribution in [0.5, 0.6) is 5.75 Å². The number of benzene rings is 2. The second-order valence-electron chi connectivity index (χ2n) is 8.24. The van der Waals surface area contributed by atoms with E-state index in [0.717, 1.165) is 28.5 Å². The summed E-state index contributed by atoms with van der Waals surface area (Å²) in [6, 6.07) is 24.7. The van der Waals surface area contributed by atoms with Gasteiger partial charge in [0.15, 0.2) is 5.11 Å². The summed E-state index contributed by atoms with van der Waals surface area (Å²) >= 11 is 5.85. The third kappa shape index (κ3) is 4.31. The molecule has 0 aliphatic carbocycles. The van der Waals surface area contributed by atoms with Gasteiger partial charge in [0, 0.05) is 23.8 Å². The fourth-order valence-corrected chi connectivity index (χ4v) is 4.97. The number of methoxy groups -OCH3 is 1. The van der Waals surface area contributed by atoms with Crippen molar-refractivity contribution in [3.63, 3.8) is 0 Å². The number of pyridine rings is 1. The van der Waals surface area contributed by atoms with Crippen LogP contribution in [0.15, 0.2) is 91.3 Å². The molecule has 0 amide bonds. The van der Waals surface area contributed by atoms with E-state index in [1.807, 2.05) is 90.5 Å². The number of carbonyl (C=O) groups excluding carboxylic acids is 1.